The molecule has 2 bridgehead atoms. The van der Waals surface area contributed by atoms with Gasteiger partial charge in [-0.1, -0.05) is 12.1 Å². The van der Waals surface area contributed by atoms with Crippen LogP contribution in [0.15, 0.2) is 30.5 Å². The van der Waals surface area contributed by atoms with Crippen molar-refractivity contribution < 1.29 is 9.18 Å². The van der Waals surface area contributed by atoms with Crippen molar-refractivity contribution in [3.8, 4) is 10.4 Å². The second-order valence-electron chi connectivity index (χ2n) is 6.25. The van der Waals surface area contributed by atoms with Crippen molar-refractivity contribution in [3.05, 3.63) is 41.3 Å². The third-order valence-corrected chi connectivity index (χ3v) is 5.85. The van der Waals surface area contributed by atoms with E-state index >= 15 is 0 Å². The minimum Gasteiger partial charge on any atom is -0.346 e. The van der Waals surface area contributed by atoms with Crippen LogP contribution in [0.1, 0.15) is 22.6 Å². The molecule has 3 fully saturated rings. The average molecular weight is 331 g/mol. The van der Waals surface area contributed by atoms with E-state index in [1.165, 1.54) is 36.3 Å². The summed E-state index contributed by atoms with van der Waals surface area (Å²) in [6.07, 6.45) is 4.02. The summed E-state index contributed by atoms with van der Waals surface area (Å²) in [7, 11) is 0. The average Bonchev–Trinajstić information content (AvgIpc) is 3.07. The van der Waals surface area contributed by atoms with E-state index in [0.29, 0.717) is 10.9 Å². The Labute approximate surface area is 138 Å². The minimum atomic E-state index is -0.265. The van der Waals surface area contributed by atoms with E-state index in [1.807, 2.05) is 0 Å². The quantitative estimate of drug-likeness (QED) is 0.941. The molecular weight excluding hydrogens is 313 g/mol. The van der Waals surface area contributed by atoms with Gasteiger partial charge in [-0.3, -0.25) is 4.79 Å². The summed E-state index contributed by atoms with van der Waals surface area (Å²) in [5.41, 5.74) is 0.880. The van der Waals surface area contributed by atoms with Gasteiger partial charge in [-0.25, -0.2) is 9.37 Å². The number of amides is 1. The Morgan fingerprint density at radius 2 is 2.00 bits per heavy atom. The molecule has 0 radical (unpaired) electrons. The van der Waals surface area contributed by atoms with E-state index in [1.54, 1.807) is 18.3 Å². The van der Waals surface area contributed by atoms with E-state index in [0.717, 1.165) is 30.1 Å². The van der Waals surface area contributed by atoms with Crippen LogP contribution in [0.2, 0.25) is 0 Å². The first kappa shape index (κ1) is 14.8. The van der Waals surface area contributed by atoms with Crippen molar-refractivity contribution in [2.75, 3.05) is 19.6 Å². The number of rotatable bonds is 3. The predicted octanol–water partition coefficient (Wildman–Crippen LogP) is 2.77. The predicted molar refractivity (Wildman–Crippen MR) is 87.9 cm³/mol. The molecule has 1 N–H and O–H groups in total. The maximum atomic E-state index is 13.0. The van der Waals surface area contributed by atoms with Crippen molar-refractivity contribution in [2.24, 2.45) is 5.92 Å². The molecule has 3 aliphatic heterocycles. The van der Waals surface area contributed by atoms with Crippen molar-refractivity contribution in [3.63, 3.8) is 0 Å². The number of halogens is 1. The molecule has 1 aromatic carbocycles. The molecule has 6 heteroatoms. The van der Waals surface area contributed by atoms with Crippen molar-refractivity contribution in [1.82, 2.24) is 15.2 Å². The smallest absolute Gasteiger partial charge is 0.280 e. The maximum Gasteiger partial charge on any atom is 0.280 e. The molecule has 0 aliphatic carbocycles. The summed E-state index contributed by atoms with van der Waals surface area (Å²) in [5, 5.41) is 3.62. The van der Waals surface area contributed by atoms with Crippen LogP contribution < -0.4 is 5.32 Å². The van der Waals surface area contributed by atoms with Gasteiger partial charge < -0.3 is 10.2 Å². The highest BCUT2D eigenvalue weighted by molar-refractivity contribution is 7.16. The zero-order valence-corrected chi connectivity index (χ0v) is 13.5. The van der Waals surface area contributed by atoms with E-state index in [2.05, 4.69) is 15.2 Å². The standard InChI is InChI=1S/C17H18FN3OS/c18-13-3-1-12(2-4-13)15-9-19-17(23-15)16(22)20-14-10-21-7-5-11(14)6-8-21/h1-4,9,11,14H,5-8,10H2,(H,20,22). The number of nitrogens with zero attached hydrogens (tertiary/aromatic N) is 2. The molecule has 0 saturated carbocycles. The third-order valence-electron chi connectivity index (χ3n) is 4.80. The molecule has 2 aromatic rings. The highest BCUT2D eigenvalue weighted by atomic mass is 32.1. The molecule has 1 aromatic heterocycles. The van der Waals surface area contributed by atoms with Crippen LogP contribution in [0, 0.1) is 11.7 Å². The number of aromatic nitrogens is 1. The van der Waals surface area contributed by atoms with Gasteiger partial charge in [0.1, 0.15) is 5.82 Å². The monoisotopic (exact) mass is 331 g/mol. The van der Waals surface area contributed by atoms with Crippen molar-refractivity contribution in [2.45, 2.75) is 18.9 Å². The lowest BCUT2D eigenvalue weighted by atomic mass is 9.84. The van der Waals surface area contributed by atoms with Gasteiger partial charge in [0.2, 0.25) is 0 Å². The molecule has 1 atom stereocenters. The number of hydrogen-bond acceptors (Lipinski definition) is 4. The second-order valence-corrected chi connectivity index (χ2v) is 7.29. The molecular formula is C17H18FN3OS. The zero-order chi connectivity index (χ0) is 15.8. The van der Waals surface area contributed by atoms with Crippen molar-refractivity contribution in [1.29, 1.82) is 0 Å². The van der Waals surface area contributed by atoms with Gasteiger partial charge in [-0.15, -0.1) is 11.3 Å². The lowest BCUT2D eigenvalue weighted by molar-refractivity contribution is 0.0620. The van der Waals surface area contributed by atoms with Gasteiger partial charge in [-0.05, 0) is 49.5 Å². The van der Waals surface area contributed by atoms with Crippen LogP contribution in [-0.2, 0) is 0 Å². The van der Waals surface area contributed by atoms with Gasteiger partial charge in [-0.2, -0.15) is 0 Å². The molecule has 0 spiro atoms. The van der Waals surface area contributed by atoms with Crippen LogP contribution >= 0.6 is 11.3 Å². The Bertz CT molecular complexity index is 707. The first-order chi connectivity index (χ1) is 11.2. The third kappa shape index (κ3) is 3.01. The number of carbonyl (C=O) groups is 1. The molecule has 3 aliphatic rings. The minimum absolute atomic E-state index is 0.0953. The lowest BCUT2D eigenvalue weighted by Crippen LogP contribution is -2.57. The lowest BCUT2D eigenvalue weighted by Gasteiger charge is -2.44. The Balaban J connectivity index is 1.46. The van der Waals surface area contributed by atoms with Crippen LogP contribution in [0.25, 0.3) is 10.4 Å². The van der Waals surface area contributed by atoms with Gasteiger partial charge in [0, 0.05) is 18.8 Å². The molecule has 120 valence electrons. The number of thiazole rings is 1. The SMILES string of the molecule is O=C(NC1CN2CCC1CC2)c1ncc(-c2ccc(F)cc2)s1. The Hall–Kier alpha value is -1.79. The normalized spacial score (nSPS) is 26.2. The van der Waals surface area contributed by atoms with E-state index < -0.39 is 0 Å². The molecule has 4 heterocycles. The van der Waals surface area contributed by atoms with Crippen LogP contribution in [0.4, 0.5) is 4.39 Å². The Morgan fingerprint density at radius 3 is 2.65 bits per heavy atom. The number of hydrogen-bond donors (Lipinski definition) is 1. The summed E-state index contributed by atoms with van der Waals surface area (Å²) < 4.78 is 13.0. The summed E-state index contributed by atoms with van der Waals surface area (Å²) in [6.45, 7) is 3.26. The van der Waals surface area contributed by atoms with Gasteiger partial charge >= 0.3 is 0 Å². The van der Waals surface area contributed by atoms with Crippen LogP contribution in [-0.4, -0.2) is 41.5 Å². The summed E-state index contributed by atoms with van der Waals surface area (Å²) >= 11 is 1.35. The number of benzene rings is 1. The molecule has 5 rings (SSSR count). The molecule has 1 amide bonds. The molecule has 23 heavy (non-hydrogen) atoms. The number of nitrogens with one attached hydrogen (secondary N) is 1. The van der Waals surface area contributed by atoms with E-state index in [-0.39, 0.29) is 17.8 Å². The fourth-order valence-electron chi connectivity index (χ4n) is 3.49. The highest BCUT2D eigenvalue weighted by Gasteiger charge is 2.35. The topological polar surface area (TPSA) is 45.2 Å². The number of fused-ring (bicyclic) bond motifs is 3. The van der Waals surface area contributed by atoms with E-state index in [9.17, 15) is 9.18 Å². The fraction of sp³-hybridized carbons (Fsp3) is 0.412. The van der Waals surface area contributed by atoms with E-state index in [4.69, 9.17) is 0 Å². The highest BCUT2D eigenvalue weighted by Crippen LogP contribution is 2.29. The Kier molecular flexibility index (Phi) is 3.87. The fourth-order valence-corrected chi connectivity index (χ4v) is 4.31. The Morgan fingerprint density at radius 1 is 1.26 bits per heavy atom. The number of piperidine rings is 3. The zero-order valence-electron chi connectivity index (χ0n) is 12.7. The largest absolute Gasteiger partial charge is 0.346 e. The summed E-state index contributed by atoms with van der Waals surface area (Å²) in [5.74, 6) is 0.237. The van der Waals surface area contributed by atoms with Gasteiger partial charge in [0.05, 0.1) is 4.88 Å². The molecule has 4 nitrogen and oxygen atoms in total. The maximum absolute atomic E-state index is 13.0. The van der Waals surface area contributed by atoms with Gasteiger partial charge in [0.25, 0.3) is 5.91 Å². The van der Waals surface area contributed by atoms with Crippen molar-refractivity contribution >= 4 is 17.2 Å². The van der Waals surface area contributed by atoms with Crippen LogP contribution in [0.3, 0.4) is 0 Å². The second kappa shape index (κ2) is 6.02. The van der Waals surface area contributed by atoms with Gasteiger partial charge in [0.15, 0.2) is 5.01 Å². The first-order valence-electron chi connectivity index (χ1n) is 7.94. The summed E-state index contributed by atoms with van der Waals surface area (Å²) in [6, 6.07) is 6.49. The first-order valence-corrected chi connectivity index (χ1v) is 8.76. The molecule has 1 unspecified atom stereocenters. The summed E-state index contributed by atoms with van der Waals surface area (Å²) in [4.78, 5) is 20.0. The van der Waals surface area contributed by atoms with Crippen LogP contribution in [0.5, 0.6) is 0 Å². The molecule has 3 saturated heterocycles. The number of carbonyl (C=O) groups excluding carboxylic acids is 1.